The number of hydrogen-bond donors (Lipinski definition) is 2. The number of urea groups is 1. The molecule has 0 atom stereocenters. The standard InChI is InChI=1S/C17H32N4O2/c1-3-17(4-2,13-18)19-15(22)14-7-11-21(12-8-14)16(23)20-9-5-6-10-20/h14H,3-13,18H2,1-2H3,(H,19,22). The van der Waals surface area contributed by atoms with Crippen LogP contribution in [0, 0.1) is 5.92 Å². The van der Waals surface area contributed by atoms with E-state index in [1.54, 1.807) is 0 Å². The molecule has 0 spiro atoms. The molecule has 3 amide bonds. The molecule has 132 valence electrons. The van der Waals surface area contributed by atoms with Gasteiger partial charge in [0, 0.05) is 38.6 Å². The van der Waals surface area contributed by atoms with Gasteiger partial charge >= 0.3 is 6.03 Å². The maximum Gasteiger partial charge on any atom is 0.319 e. The summed E-state index contributed by atoms with van der Waals surface area (Å²) in [5, 5.41) is 3.17. The van der Waals surface area contributed by atoms with Gasteiger partial charge in [-0.05, 0) is 38.5 Å². The van der Waals surface area contributed by atoms with Gasteiger partial charge in [0.25, 0.3) is 0 Å². The highest BCUT2D eigenvalue weighted by atomic mass is 16.2. The van der Waals surface area contributed by atoms with Crippen molar-refractivity contribution < 1.29 is 9.59 Å². The van der Waals surface area contributed by atoms with Crippen LogP contribution in [0.15, 0.2) is 0 Å². The summed E-state index contributed by atoms with van der Waals surface area (Å²) in [6.07, 6.45) is 5.41. The highest BCUT2D eigenvalue weighted by Crippen LogP contribution is 2.22. The lowest BCUT2D eigenvalue weighted by Gasteiger charge is -2.37. The molecule has 0 bridgehead atoms. The molecule has 3 N–H and O–H groups in total. The van der Waals surface area contributed by atoms with E-state index in [9.17, 15) is 9.59 Å². The maximum absolute atomic E-state index is 12.5. The van der Waals surface area contributed by atoms with Gasteiger partial charge in [0.15, 0.2) is 0 Å². The first-order valence-corrected chi connectivity index (χ1v) is 9.11. The summed E-state index contributed by atoms with van der Waals surface area (Å²) in [7, 11) is 0. The minimum atomic E-state index is -0.278. The molecule has 0 aliphatic carbocycles. The number of nitrogens with one attached hydrogen (secondary N) is 1. The van der Waals surface area contributed by atoms with E-state index < -0.39 is 0 Å². The molecule has 23 heavy (non-hydrogen) atoms. The number of amides is 3. The molecule has 6 heteroatoms. The van der Waals surface area contributed by atoms with Crippen molar-refractivity contribution in [3.8, 4) is 0 Å². The quantitative estimate of drug-likeness (QED) is 0.805. The van der Waals surface area contributed by atoms with Gasteiger partial charge in [-0.1, -0.05) is 13.8 Å². The number of carbonyl (C=O) groups is 2. The summed E-state index contributed by atoms with van der Waals surface area (Å²) in [5.41, 5.74) is 5.59. The third-order valence-corrected chi connectivity index (χ3v) is 5.65. The smallest absolute Gasteiger partial charge is 0.319 e. The third kappa shape index (κ3) is 4.16. The summed E-state index contributed by atoms with van der Waals surface area (Å²) in [4.78, 5) is 28.8. The molecule has 0 saturated carbocycles. The number of nitrogens with zero attached hydrogens (tertiary/aromatic N) is 2. The number of carbonyl (C=O) groups excluding carboxylic acids is 2. The minimum absolute atomic E-state index is 0.00153. The van der Waals surface area contributed by atoms with E-state index in [0.717, 1.165) is 51.6 Å². The van der Waals surface area contributed by atoms with Crippen LogP contribution in [0.1, 0.15) is 52.4 Å². The molecule has 2 aliphatic heterocycles. The van der Waals surface area contributed by atoms with E-state index in [0.29, 0.717) is 19.6 Å². The van der Waals surface area contributed by atoms with Crippen molar-refractivity contribution in [3.05, 3.63) is 0 Å². The van der Waals surface area contributed by atoms with Crippen LogP contribution in [0.25, 0.3) is 0 Å². The van der Waals surface area contributed by atoms with Crippen LogP contribution in [0.3, 0.4) is 0 Å². The predicted octanol–water partition coefficient (Wildman–Crippen LogP) is 1.55. The zero-order chi connectivity index (χ0) is 16.9. The monoisotopic (exact) mass is 324 g/mol. The van der Waals surface area contributed by atoms with Gasteiger partial charge in [-0.15, -0.1) is 0 Å². The molecular weight excluding hydrogens is 292 g/mol. The Kier molecular flexibility index (Phi) is 6.27. The largest absolute Gasteiger partial charge is 0.349 e. The van der Waals surface area contributed by atoms with Crippen LogP contribution in [-0.2, 0) is 4.79 Å². The molecule has 0 aromatic heterocycles. The molecule has 0 unspecified atom stereocenters. The summed E-state index contributed by atoms with van der Waals surface area (Å²) in [5.74, 6) is 0.106. The van der Waals surface area contributed by atoms with Crippen LogP contribution in [0.2, 0.25) is 0 Å². The predicted molar refractivity (Wildman–Crippen MR) is 91.0 cm³/mol. The lowest BCUT2D eigenvalue weighted by molar-refractivity contribution is -0.128. The minimum Gasteiger partial charge on any atom is -0.349 e. The summed E-state index contributed by atoms with van der Waals surface area (Å²) >= 11 is 0. The van der Waals surface area contributed by atoms with E-state index in [4.69, 9.17) is 5.73 Å². The van der Waals surface area contributed by atoms with E-state index in [2.05, 4.69) is 19.2 Å². The van der Waals surface area contributed by atoms with E-state index >= 15 is 0 Å². The van der Waals surface area contributed by atoms with Crippen LogP contribution in [-0.4, -0.2) is 60.0 Å². The fourth-order valence-corrected chi connectivity index (χ4v) is 3.57. The Balaban J connectivity index is 1.83. The average molecular weight is 324 g/mol. The van der Waals surface area contributed by atoms with Gasteiger partial charge in [-0.2, -0.15) is 0 Å². The lowest BCUT2D eigenvalue weighted by Crippen LogP contribution is -2.55. The van der Waals surface area contributed by atoms with Crippen molar-refractivity contribution in [1.82, 2.24) is 15.1 Å². The molecule has 6 nitrogen and oxygen atoms in total. The van der Waals surface area contributed by atoms with Gasteiger partial charge in [-0.25, -0.2) is 4.79 Å². The highest BCUT2D eigenvalue weighted by Gasteiger charge is 2.33. The maximum atomic E-state index is 12.5. The fourth-order valence-electron chi connectivity index (χ4n) is 3.57. The van der Waals surface area contributed by atoms with Crippen molar-refractivity contribution >= 4 is 11.9 Å². The number of hydrogen-bond acceptors (Lipinski definition) is 3. The first-order chi connectivity index (χ1) is 11.0. The Morgan fingerprint density at radius 3 is 2.04 bits per heavy atom. The van der Waals surface area contributed by atoms with Gasteiger partial charge in [0.05, 0.1) is 5.54 Å². The fraction of sp³-hybridized carbons (Fsp3) is 0.882. The average Bonchev–Trinajstić information content (AvgIpc) is 3.14. The molecule has 0 radical (unpaired) electrons. The molecule has 0 aromatic carbocycles. The summed E-state index contributed by atoms with van der Waals surface area (Å²) in [6, 6.07) is 0.153. The normalized spacial score (nSPS) is 20.0. The molecule has 0 aromatic rings. The molecular formula is C17H32N4O2. The van der Waals surface area contributed by atoms with E-state index in [-0.39, 0.29) is 23.4 Å². The first-order valence-electron chi connectivity index (χ1n) is 9.11. The second kappa shape index (κ2) is 7.99. The van der Waals surface area contributed by atoms with Gasteiger partial charge in [0.1, 0.15) is 0 Å². The van der Waals surface area contributed by atoms with Crippen LogP contribution < -0.4 is 11.1 Å². The number of rotatable bonds is 5. The topological polar surface area (TPSA) is 78.7 Å². The SMILES string of the molecule is CCC(CC)(CN)NC(=O)C1CCN(C(=O)N2CCCC2)CC1. The number of nitrogens with two attached hydrogens (primary N) is 1. The van der Waals surface area contributed by atoms with Crippen molar-refractivity contribution in [3.63, 3.8) is 0 Å². The Morgan fingerprint density at radius 1 is 1.04 bits per heavy atom. The second-order valence-corrected chi connectivity index (χ2v) is 6.92. The van der Waals surface area contributed by atoms with E-state index in [1.807, 2.05) is 9.80 Å². The van der Waals surface area contributed by atoms with Crippen molar-refractivity contribution in [2.45, 2.75) is 57.9 Å². The molecule has 2 rings (SSSR count). The van der Waals surface area contributed by atoms with Crippen LogP contribution in [0.4, 0.5) is 4.79 Å². The molecule has 2 fully saturated rings. The van der Waals surface area contributed by atoms with Gasteiger partial charge in [-0.3, -0.25) is 4.79 Å². The third-order valence-electron chi connectivity index (χ3n) is 5.65. The van der Waals surface area contributed by atoms with Crippen molar-refractivity contribution in [2.24, 2.45) is 11.7 Å². The molecule has 2 saturated heterocycles. The molecule has 2 heterocycles. The Morgan fingerprint density at radius 2 is 1.57 bits per heavy atom. The second-order valence-electron chi connectivity index (χ2n) is 6.92. The van der Waals surface area contributed by atoms with Crippen molar-refractivity contribution in [1.29, 1.82) is 0 Å². The van der Waals surface area contributed by atoms with Crippen LogP contribution in [0.5, 0.6) is 0 Å². The molecule has 2 aliphatic rings. The highest BCUT2D eigenvalue weighted by molar-refractivity contribution is 5.80. The number of likely N-dealkylation sites (tertiary alicyclic amines) is 2. The summed E-state index contributed by atoms with van der Waals surface area (Å²) < 4.78 is 0. The number of piperidine rings is 1. The van der Waals surface area contributed by atoms with Gasteiger partial charge in [0.2, 0.25) is 5.91 Å². The Hall–Kier alpha value is -1.30. The zero-order valence-corrected chi connectivity index (χ0v) is 14.6. The Labute approximate surface area is 139 Å². The Bertz CT molecular complexity index is 401. The van der Waals surface area contributed by atoms with Crippen LogP contribution >= 0.6 is 0 Å². The first kappa shape index (κ1) is 18.0. The van der Waals surface area contributed by atoms with Gasteiger partial charge < -0.3 is 20.9 Å². The van der Waals surface area contributed by atoms with E-state index in [1.165, 1.54) is 0 Å². The zero-order valence-electron chi connectivity index (χ0n) is 14.6. The lowest BCUT2D eigenvalue weighted by atomic mass is 9.89. The summed E-state index contributed by atoms with van der Waals surface area (Å²) in [6.45, 7) is 7.72. The van der Waals surface area contributed by atoms with Crippen molar-refractivity contribution in [2.75, 3.05) is 32.7 Å².